The van der Waals surface area contributed by atoms with Crippen molar-refractivity contribution in [2.24, 2.45) is 0 Å². The van der Waals surface area contributed by atoms with E-state index >= 15 is 0 Å². The molecule has 0 saturated carbocycles. The summed E-state index contributed by atoms with van der Waals surface area (Å²) in [6.07, 6.45) is 0.417. The average molecular weight is 458 g/mol. The van der Waals surface area contributed by atoms with Gasteiger partial charge in [0, 0.05) is 23.1 Å². The second kappa shape index (κ2) is 9.47. The summed E-state index contributed by atoms with van der Waals surface area (Å²) in [5.74, 6) is 0.950. The number of hydrogen-bond acceptors (Lipinski definition) is 7. The van der Waals surface area contributed by atoms with Gasteiger partial charge < -0.3 is 19.9 Å². The number of methoxy groups -OCH3 is 1. The Balaban J connectivity index is 1.64. The predicted octanol–water partition coefficient (Wildman–Crippen LogP) is 4.76. The van der Waals surface area contributed by atoms with E-state index in [-0.39, 0.29) is 13.2 Å². The third kappa shape index (κ3) is 4.87. The van der Waals surface area contributed by atoms with Crippen molar-refractivity contribution in [1.29, 1.82) is 0 Å². The van der Waals surface area contributed by atoms with E-state index in [0.717, 1.165) is 31.7 Å². The fraction of sp³-hybridized carbons (Fsp3) is 0.227. The van der Waals surface area contributed by atoms with Crippen molar-refractivity contribution in [2.75, 3.05) is 25.6 Å². The van der Waals surface area contributed by atoms with Crippen LogP contribution in [0.4, 0.5) is 5.82 Å². The van der Waals surface area contributed by atoms with E-state index in [4.69, 9.17) is 31.2 Å². The largest absolute Gasteiger partial charge is 0.495 e. The van der Waals surface area contributed by atoms with Crippen LogP contribution < -0.4 is 10.1 Å². The minimum atomic E-state index is -0.999. The lowest BCUT2D eigenvalue weighted by molar-refractivity contribution is -0.142. The van der Waals surface area contributed by atoms with Gasteiger partial charge in [-0.2, -0.15) is 0 Å². The lowest BCUT2D eigenvalue weighted by Crippen LogP contribution is -2.11. The molecule has 0 saturated heterocycles. The van der Waals surface area contributed by atoms with E-state index in [0.29, 0.717) is 29.6 Å². The van der Waals surface area contributed by atoms with Gasteiger partial charge in [0.05, 0.1) is 24.1 Å². The minimum Gasteiger partial charge on any atom is -0.495 e. The normalized spacial score (nSPS) is 11.2. The number of carbonyl (C=O) groups is 1. The Kier molecular flexibility index (Phi) is 6.50. The number of carboxylic acids is 1. The topological polar surface area (TPSA) is 93.6 Å². The number of ether oxygens (including phenoxy) is 2. The Morgan fingerprint density at radius 1 is 1.23 bits per heavy atom. The molecular formula is C22H20ClN3O4S. The van der Waals surface area contributed by atoms with Gasteiger partial charge in [-0.15, -0.1) is 11.3 Å². The molecule has 2 heterocycles. The highest BCUT2D eigenvalue weighted by atomic mass is 35.5. The molecule has 0 fully saturated rings. The van der Waals surface area contributed by atoms with Crippen molar-refractivity contribution >= 4 is 55.0 Å². The van der Waals surface area contributed by atoms with E-state index in [1.54, 1.807) is 18.4 Å². The molecule has 0 unspecified atom stereocenters. The first-order valence-electron chi connectivity index (χ1n) is 9.59. The van der Waals surface area contributed by atoms with E-state index in [9.17, 15) is 4.79 Å². The van der Waals surface area contributed by atoms with Crippen LogP contribution in [-0.4, -0.2) is 41.4 Å². The maximum atomic E-state index is 10.6. The van der Waals surface area contributed by atoms with E-state index < -0.39 is 5.97 Å². The molecule has 2 aromatic heterocycles. The van der Waals surface area contributed by atoms with Gasteiger partial charge in [0.25, 0.3) is 0 Å². The number of halogens is 1. The maximum Gasteiger partial charge on any atom is 0.329 e. The second-order valence-corrected chi connectivity index (χ2v) is 8.22. The van der Waals surface area contributed by atoms with Crippen LogP contribution in [-0.2, 0) is 22.5 Å². The highest BCUT2D eigenvalue weighted by molar-refractivity contribution is 7.25. The third-order valence-electron chi connectivity index (χ3n) is 4.66. The molecule has 31 heavy (non-hydrogen) atoms. The van der Waals surface area contributed by atoms with Crippen LogP contribution in [0.15, 0.2) is 42.5 Å². The number of thiophene rings is 1. The van der Waals surface area contributed by atoms with Gasteiger partial charge in [0.1, 0.15) is 28.8 Å². The van der Waals surface area contributed by atoms with Gasteiger partial charge in [-0.25, -0.2) is 14.8 Å². The predicted molar refractivity (Wildman–Crippen MR) is 122 cm³/mol. The highest BCUT2D eigenvalue weighted by Crippen LogP contribution is 2.36. The molecular weight excluding hydrogens is 438 g/mol. The number of benzene rings is 2. The van der Waals surface area contributed by atoms with Crippen LogP contribution in [0.1, 0.15) is 11.4 Å². The van der Waals surface area contributed by atoms with E-state index in [2.05, 4.69) is 22.4 Å². The minimum absolute atomic E-state index is 0.232. The molecule has 0 aliphatic carbocycles. The fourth-order valence-electron chi connectivity index (χ4n) is 3.24. The van der Waals surface area contributed by atoms with Gasteiger partial charge >= 0.3 is 5.97 Å². The summed E-state index contributed by atoms with van der Waals surface area (Å²) in [7, 11) is 1.58. The molecule has 0 bridgehead atoms. The molecule has 0 atom stereocenters. The summed E-state index contributed by atoms with van der Waals surface area (Å²) in [4.78, 5) is 20.9. The maximum absolute atomic E-state index is 10.6. The van der Waals surface area contributed by atoms with E-state index in [1.165, 1.54) is 0 Å². The van der Waals surface area contributed by atoms with Crippen molar-refractivity contribution in [3.05, 3.63) is 58.9 Å². The molecule has 0 amide bonds. The number of anilines is 1. The first-order valence-corrected chi connectivity index (χ1v) is 10.8. The van der Waals surface area contributed by atoms with Crippen LogP contribution in [0.3, 0.4) is 0 Å². The number of aromatic nitrogens is 2. The summed E-state index contributed by atoms with van der Waals surface area (Å²) >= 11 is 7.85. The standard InChI is InChI=1S/C22H20ClN3O4S/c1-29-16-7-6-13(10-15(16)23)11-24-21-20-14-4-2-3-5-17(14)31-22(20)26-18(25-21)8-9-30-12-19(27)28/h2-7,10H,8-9,11-12H2,1H3,(H,27,28)(H,24,25,26). The highest BCUT2D eigenvalue weighted by Gasteiger charge is 2.14. The Bertz CT molecular complexity index is 1240. The SMILES string of the molecule is COc1ccc(CNc2nc(CCOCC(=O)O)nc3sc4ccccc4c23)cc1Cl. The smallest absolute Gasteiger partial charge is 0.329 e. The first-order chi connectivity index (χ1) is 15.0. The number of nitrogens with one attached hydrogen (secondary N) is 1. The number of hydrogen-bond donors (Lipinski definition) is 2. The molecule has 9 heteroatoms. The monoisotopic (exact) mass is 457 g/mol. The van der Waals surface area contributed by atoms with Crippen LogP contribution in [0.5, 0.6) is 5.75 Å². The molecule has 0 spiro atoms. The van der Waals surface area contributed by atoms with Gasteiger partial charge in [-0.3, -0.25) is 0 Å². The Labute approximate surface area is 187 Å². The van der Waals surface area contributed by atoms with Crippen LogP contribution in [0, 0.1) is 0 Å². The number of nitrogens with zero attached hydrogens (tertiary/aromatic N) is 2. The Hall–Kier alpha value is -2.94. The van der Waals surface area contributed by atoms with Crippen LogP contribution >= 0.6 is 22.9 Å². The number of carboxylic acid groups (broad SMARTS) is 1. The van der Waals surface area contributed by atoms with Crippen molar-refractivity contribution in [3.8, 4) is 5.75 Å². The summed E-state index contributed by atoms with van der Waals surface area (Å²) < 4.78 is 11.5. The Morgan fingerprint density at radius 3 is 2.84 bits per heavy atom. The average Bonchev–Trinajstić information content (AvgIpc) is 3.13. The molecule has 0 aliphatic rings. The zero-order chi connectivity index (χ0) is 21.8. The number of rotatable bonds is 9. The summed E-state index contributed by atoms with van der Waals surface area (Å²) in [6, 6.07) is 13.8. The van der Waals surface area contributed by atoms with Crippen LogP contribution in [0.2, 0.25) is 5.02 Å². The van der Waals surface area contributed by atoms with Gasteiger partial charge in [0.15, 0.2) is 0 Å². The lowest BCUT2D eigenvalue weighted by atomic mass is 10.2. The molecule has 160 valence electrons. The summed E-state index contributed by atoms with van der Waals surface area (Å²) in [5, 5.41) is 14.7. The number of aliphatic carboxylic acids is 1. The summed E-state index contributed by atoms with van der Waals surface area (Å²) in [6.45, 7) is 0.416. The quantitative estimate of drug-likeness (QED) is 0.350. The molecule has 2 N–H and O–H groups in total. The molecule has 0 radical (unpaired) electrons. The first kappa shape index (κ1) is 21.3. The van der Waals surface area contributed by atoms with Crippen molar-refractivity contribution in [3.63, 3.8) is 0 Å². The Morgan fingerprint density at radius 2 is 2.06 bits per heavy atom. The molecule has 0 aliphatic heterocycles. The second-order valence-electron chi connectivity index (χ2n) is 6.79. The number of fused-ring (bicyclic) bond motifs is 3. The van der Waals surface area contributed by atoms with Gasteiger partial charge in [-0.05, 0) is 23.8 Å². The zero-order valence-electron chi connectivity index (χ0n) is 16.7. The molecule has 7 nitrogen and oxygen atoms in total. The lowest BCUT2D eigenvalue weighted by Gasteiger charge is -2.11. The van der Waals surface area contributed by atoms with Crippen LogP contribution in [0.25, 0.3) is 20.3 Å². The van der Waals surface area contributed by atoms with Crippen molar-refractivity contribution in [1.82, 2.24) is 9.97 Å². The molecule has 4 rings (SSSR count). The fourth-order valence-corrected chi connectivity index (χ4v) is 4.61. The van der Waals surface area contributed by atoms with E-state index in [1.807, 2.05) is 30.3 Å². The molecule has 2 aromatic carbocycles. The third-order valence-corrected chi connectivity index (χ3v) is 6.02. The van der Waals surface area contributed by atoms with Gasteiger partial charge in [-0.1, -0.05) is 35.9 Å². The van der Waals surface area contributed by atoms with Crippen molar-refractivity contribution < 1.29 is 19.4 Å². The molecule has 4 aromatic rings. The van der Waals surface area contributed by atoms with Gasteiger partial charge in [0.2, 0.25) is 0 Å². The summed E-state index contributed by atoms with van der Waals surface area (Å²) in [5.41, 5.74) is 0.989. The zero-order valence-corrected chi connectivity index (χ0v) is 18.3. The van der Waals surface area contributed by atoms with Crippen molar-refractivity contribution in [2.45, 2.75) is 13.0 Å².